The van der Waals surface area contributed by atoms with Crippen molar-refractivity contribution >= 4 is 17.6 Å². The molecule has 1 fully saturated rings. The van der Waals surface area contributed by atoms with Gasteiger partial charge in [-0.05, 0) is 25.0 Å². The van der Waals surface area contributed by atoms with E-state index in [0.29, 0.717) is 11.4 Å². The first-order valence-electron chi connectivity index (χ1n) is 7.16. The van der Waals surface area contributed by atoms with E-state index in [-0.39, 0.29) is 24.1 Å². The summed E-state index contributed by atoms with van der Waals surface area (Å²) in [7, 11) is 0. The highest BCUT2D eigenvalue weighted by Gasteiger charge is 2.30. The van der Waals surface area contributed by atoms with E-state index in [1.807, 2.05) is 18.2 Å². The van der Waals surface area contributed by atoms with Gasteiger partial charge in [0.2, 0.25) is 5.91 Å². The molecule has 1 aliphatic rings. The van der Waals surface area contributed by atoms with Crippen LogP contribution in [0.4, 0.5) is 5.69 Å². The van der Waals surface area contributed by atoms with Gasteiger partial charge >= 0.3 is 5.97 Å². The highest BCUT2D eigenvalue weighted by molar-refractivity contribution is 5.91. The maximum Gasteiger partial charge on any atom is 0.358 e. The Balaban J connectivity index is 1.77. The van der Waals surface area contributed by atoms with Crippen LogP contribution >= 0.6 is 0 Å². The molecule has 0 saturated heterocycles. The summed E-state index contributed by atoms with van der Waals surface area (Å²) in [5.41, 5.74) is 1.20. The standard InChI is InChI=1S/C15H16N4O3/c20-12(16-11-7-2-1-3-8-11)9-19-14(10-5-4-6-10)13(15(21)22)17-18-19/h1-3,7-8,10H,4-6,9H2,(H,16,20)(H,21,22). The van der Waals surface area contributed by atoms with Crippen molar-refractivity contribution in [1.82, 2.24) is 15.0 Å². The van der Waals surface area contributed by atoms with Gasteiger partial charge in [-0.2, -0.15) is 0 Å². The second kappa shape index (κ2) is 5.97. The molecule has 22 heavy (non-hydrogen) atoms. The average Bonchev–Trinajstić information content (AvgIpc) is 2.82. The van der Waals surface area contributed by atoms with Crippen molar-refractivity contribution in [2.75, 3.05) is 5.32 Å². The van der Waals surface area contributed by atoms with Crippen molar-refractivity contribution < 1.29 is 14.7 Å². The Morgan fingerprint density at radius 3 is 2.59 bits per heavy atom. The SMILES string of the molecule is O=C(Cn1nnc(C(=O)O)c1C1CCC1)Nc1ccccc1. The van der Waals surface area contributed by atoms with Crippen LogP contribution in [0.3, 0.4) is 0 Å². The molecule has 2 aromatic rings. The summed E-state index contributed by atoms with van der Waals surface area (Å²) in [5.74, 6) is -1.23. The number of carbonyl (C=O) groups is 2. The number of nitrogens with one attached hydrogen (secondary N) is 1. The fourth-order valence-electron chi connectivity index (χ4n) is 2.53. The first-order chi connectivity index (χ1) is 10.6. The smallest absolute Gasteiger partial charge is 0.358 e. The minimum atomic E-state index is -1.10. The van der Waals surface area contributed by atoms with Crippen molar-refractivity contribution in [3.63, 3.8) is 0 Å². The maximum absolute atomic E-state index is 12.1. The van der Waals surface area contributed by atoms with Crippen molar-refractivity contribution in [1.29, 1.82) is 0 Å². The number of anilines is 1. The van der Waals surface area contributed by atoms with Crippen LogP contribution in [0.15, 0.2) is 30.3 Å². The van der Waals surface area contributed by atoms with E-state index in [0.717, 1.165) is 19.3 Å². The molecule has 0 bridgehead atoms. The number of para-hydroxylation sites is 1. The Morgan fingerprint density at radius 2 is 2.00 bits per heavy atom. The van der Waals surface area contributed by atoms with Crippen molar-refractivity contribution in [2.24, 2.45) is 0 Å². The minimum absolute atomic E-state index is 0.0407. The Labute approximate surface area is 126 Å². The van der Waals surface area contributed by atoms with Crippen LogP contribution in [-0.2, 0) is 11.3 Å². The number of carboxylic acids is 1. The summed E-state index contributed by atoms with van der Waals surface area (Å²) in [6, 6.07) is 9.09. The number of aromatic carboxylic acids is 1. The number of nitrogens with zero attached hydrogens (tertiary/aromatic N) is 3. The summed E-state index contributed by atoms with van der Waals surface area (Å²) in [6.07, 6.45) is 2.88. The molecule has 1 heterocycles. The van der Waals surface area contributed by atoms with Crippen LogP contribution in [0.5, 0.6) is 0 Å². The third-order valence-electron chi connectivity index (χ3n) is 3.82. The van der Waals surface area contributed by atoms with Gasteiger partial charge in [-0.3, -0.25) is 4.79 Å². The molecule has 1 aromatic carbocycles. The number of hydrogen-bond donors (Lipinski definition) is 2. The number of aromatic nitrogens is 3. The third kappa shape index (κ3) is 2.83. The zero-order chi connectivity index (χ0) is 15.5. The van der Waals surface area contributed by atoms with E-state index < -0.39 is 5.97 Å². The van der Waals surface area contributed by atoms with Gasteiger partial charge in [0.05, 0.1) is 5.69 Å². The zero-order valence-corrected chi connectivity index (χ0v) is 11.9. The highest BCUT2D eigenvalue weighted by Crippen LogP contribution is 2.37. The lowest BCUT2D eigenvalue weighted by Crippen LogP contribution is -2.24. The summed E-state index contributed by atoms with van der Waals surface area (Å²) in [6.45, 7) is -0.0407. The number of carboxylic acid groups (broad SMARTS) is 1. The van der Waals surface area contributed by atoms with Crippen molar-refractivity contribution in [3.8, 4) is 0 Å². The van der Waals surface area contributed by atoms with Crippen LogP contribution in [0.25, 0.3) is 0 Å². The van der Waals surface area contributed by atoms with Crippen LogP contribution in [-0.4, -0.2) is 32.0 Å². The Hall–Kier alpha value is -2.70. The van der Waals surface area contributed by atoms with Crippen molar-refractivity contribution in [2.45, 2.75) is 31.7 Å². The van der Waals surface area contributed by atoms with Gasteiger partial charge in [-0.25, -0.2) is 9.48 Å². The fraction of sp³-hybridized carbons (Fsp3) is 0.333. The molecule has 7 heteroatoms. The van der Waals surface area contributed by atoms with Gasteiger partial charge in [0.25, 0.3) is 0 Å². The summed E-state index contributed by atoms with van der Waals surface area (Å²) in [4.78, 5) is 23.3. The summed E-state index contributed by atoms with van der Waals surface area (Å²) < 4.78 is 1.41. The van der Waals surface area contributed by atoms with Gasteiger partial charge in [-0.1, -0.05) is 29.8 Å². The third-order valence-corrected chi connectivity index (χ3v) is 3.82. The Morgan fingerprint density at radius 1 is 1.27 bits per heavy atom. The van der Waals surface area contributed by atoms with E-state index in [4.69, 9.17) is 0 Å². The van der Waals surface area contributed by atoms with Crippen LogP contribution < -0.4 is 5.32 Å². The number of rotatable bonds is 5. The predicted octanol–water partition coefficient (Wildman–Crippen LogP) is 1.88. The molecule has 1 saturated carbocycles. The van der Waals surface area contributed by atoms with Crippen LogP contribution in [0.2, 0.25) is 0 Å². The molecule has 0 radical (unpaired) electrons. The lowest BCUT2D eigenvalue weighted by atomic mass is 9.82. The highest BCUT2D eigenvalue weighted by atomic mass is 16.4. The second-order valence-corrected chi connectivity index (χ2v) is 5.33. The molecule has 114 valence electrons. The van der Waals surface area contributed by atoms with Gasteiger partial charge in [0.15, 0.2) is 5.69 Å². The van der Waals surface area contributed by atoms with Crippen LogP contribution in [0.1, 0.15) is 41.4 Å². The Kier molecular flexibility index (Phi) is 3.86. The molecule has 0 aliphatic heterocycles. The molecular weight excluding hydrogens is 284 g/mol. The summed E-state index contributed by atoms with van der Waals surface area (Å²) >= 11 is 0. The molecule has 2 N–H and O–H groups in total. The first-order valence-corrected chi connectivity index (χ1v) is 7.16. The fourth-order valence-corrected chi connectivity index (χ4v) is 2.53. The van der Waals surface area contributed by atoms with E-state index >= 15 is 0 Å². The molecule has 1 amide bonds. The quantitative estimate of drug-likeness (QED) is 0.878. The molecule has 1 aliphatic carbocycles. The maximum atomic E-state index is 12.1. The predicted molar refractivity (Wildman–Crippen MR) is 78.6 cm³/mol. The zero-order valence-electron chi connectivity index (χ0n) is 11.9. The Bertz CT molecular complexity index is 692. The van der Waals surface area contributed by atoms with Crippen molar-refractivity contribution in [3.05, 3.63) is 41.7 Å². The van der Waals surface area contributed by atoms with Gasteiger partial charge < -0.3 is 10.4 Å². The lowest BCUT2D eigenvalue weighted by molar-refractivity contribution is -0.117. The molecule has 0 atom stereocenters. The second-order valence-electron chi connectivity index (χ2n) is 5.33. The molecule has 3 rings (SSSR count). The molecule has 7 nitrogen and oxygen atoms in total. The van der Waals surface area contributed by atoms with Gasteiger partial charge in [-0.15, -0.1) is 5.10 Å². The molecule has 1 aromatic heterocycles. The topological polar surface area (TPSA) is 97.1 Å². The molecule has 0 unspecified atom stereocenters. The average molecular weight is 300 g/mol. The van der Waals surface area contributed by atoms with E-state index in [1.165, 1.54) is 4.68 Å². The van der Waals surface area contributed by atoms with E-state index in [1.54, 1.807) is 12.1 Å². The van der Waals surface area contributed by atoms with E-state index in [2.05, 4.69) is 15.6 Å². The van der Waals surface area contributed by atoms with E-state index in [9.17, 15) is 14.7 Å². The molecule has 0 spiro atoms. The van der Waals surface area contributed by atoms with Crippen LogP contribution in [0, 0.1) is 0 Å². The lowest BCUT2D eigenvalue weighted by Gasteiger charge is -2.25. The number of amides is 1. The normalized spacial score (nSPS) is 14.4. The largest absolute Gasteiger partial charge is 0.476 e. The van der Waals surface area contributed by atoms with Gasteiger partial charge in [0, 0.05) is 11.6 Å². The number of carbonyl (C=O) groups excluding carboxylic acids is 1. The minimum Gasteiger partial charge on any atom is -0.476 e. The number of hydrogen-bond acceptors (Lipinski definition) is 4. The first kappa shape index (κ1) is 14.2. The molecular formula is C15H16N4O3. The van der Waals surface area contributed by atoms with Gasteiger partial charge in [0.1, 0.15) is 6.54 Å². The number of benzene rings is 1. The summed E-state index contributed by atoms with van der Waals surface area (Å²) in [5, 5.41) is 19.5. The monoisotopic (exact) mass is 300 g/mol.